The van der Waals surface area contributed by atoms with Gasteiger partial charge >= 0.3 is 0 Å². The van der Waals surface area contributed by atoms with Gasteiger partial charge in [-0.15, -0.1) is 0 Å². The summed E-state index contributed by atoms with van der Waals surface area (Å²) in [6, 6.07) is 7.42. The normalized spacial score (nSPS) is 16.7. The number of hydrogen-bond donors (Lipinski definition) is 2. The first kappa shape index (κ1) is 22.0. The third-order valence-electron chi connectivity index (χ3n) is 6.20. The number of halogens is 1. The van der Waals surface area contributed by atoms with Crippen molar-refractivity contribution < 1.29 is 14.0 Å². The lowest BCUT2D eigenvalue weighted by atomic mass is 9.95. The number of aromatic nitrogens is 1. The minimum Gasteiger partial charge on any atom is -0.370 e. The van der Waals surface area contributed by atoms with Crippen LogP contribution in [0.5, 0.6) is 0 Å². The SMILES string of the molecule is O=C(Cn1cccc(C(=O)Nc2cc(F)ccc2N2CCCC2)c1=O)NC1CCCCC1. The number of benzene rings is 1. The van der Waals surface area contributed by atoms with Gasteiger partial charge < -0.3 is 20.1 Å². The summed E-state index contributed by atoms with van der Waals surface area (Å²) in [5.41, 5.74) is 0.430. The maximum Gasteiger partial charge on any atom is 0.263 e. The fourth-order valence-electron chi connectivity index (χ4n) is 4.54. The Balaban J connectivity index is 1.48. The van der Waals surface area contributed by atoms with E-state index in [0.717, 1.165) is 57.3 Å². The molecule has 0 atom stereocenters. The van der Waals surface area contributed by atoms with Crippen LogP contribution in [0.1, 0.15) is 55.3 Å². The summed E-state index contributed by atoms with van der Waals surface area (Å²) in [5.74, 6) is -1.32. The Bertz CT molecular complexity index is 1040. The van der Waals surface area contributed by atoms with Gasteiger partial charge in [-0.1, -0.05) is 19.3 Å². The van der Waals surface area contributed by atoms with Crippen molar-refractivity contribution in [1.29, 1.82) is 0 Å². The largest absolute Gasteiger partial charge is 0.370 e. The number of rotatable bonds is 6. The highest BCUT2D eigenvalue weighted by molar-refractivity contribution is 6.05. The monoisotopic (exact) mass is 440 g/mol. The first-order valence-corrected chi connectivity index (χ1v) is 11.4. The van der Waals surface area contributed by atoms with E-state index in [1.54, 1.807) is 12.1 Å². The Kier molecular flexibility index (Phi) is 6.87. The van der Waals surface area contributed by atoms with Crippen LogP contribution in [0, 0.1) is 5.82 Å². The van der Waals surface area contributed by atoms with Gasteiger partial charge in [0.25, 0.3) is 11.5 Å². The van der Waals surface area contributed by atoms with E-state index in [1.165, 1.54) is 35.4 Å². The molecule has 2 fully saturated rings. The van der Waals surface area contributed by atoms with E-state index in [-0.39, 0.29) is 24.1 Å². The van der Waals surface area contributed by atoms with Gasteiger partial charge in [0.15, 0.2) is 0 Å². The number of nitrogens with one attached hydrogen (secondary N) is 2. The predicted octanol–water partition coefficient (Wildman–Crippen LogP) is 3.29. The molecule has 170 valence electrons. The fourth-order valence-corrected chi connectivity index (χ4v) is 4.54. The molecule has 0 bridgehead atoms. The molecule has 2 heterocycles. The molecule has 1 saturated heterocycles. The average Bonchev–Trinajstić information content (AvgIpc) is 3.30. The van der Waals surface area contributed by atoms with Crippen LogP contribution >= 0.6 is 0 Å². The van der Waals surface area contributed by atoms with Crippen LogP contribution in [-0.4, -0.2) is 35.5 Å². The second-order valence-electron chi connectivity index (χ2n) is 8.57. The maximum absolute atomic E-state index is 13.9. The molecule has 1 aromatic carbocycles. The van der Waals surface area contributed by atoms with Crippen LogP contribution in [-0.2, 0) is 11.3 Å². The molecule has 1 aliphatic heterocycles. The molecule has 32 heavy (non-hydrogen) atoms. The Labute approximate surface area is 186 Å². The molecule has 1 saturated carbocycles. The molecule has 0 radical (unpaired) electrons. The Morgan fingerprint density at radius 1 is 1.03 bits per heavy atom. The molecule has 4 rings (SSSR count). The topological polar surface area (TPSA) is 83.4 Å². The second kappa shape index (κ2) is 9.97. The van der Waals surface area contributed by atoms with Crippen LogP contribution in [0.15, 0.2) is 41.3 Å². The lowest BCUT2D eigenvalue weighted by Crippen LogP contribution is -2.40. The summed E-state index contributed by atoms with van der Waals surface area (Å²) in [4.78, 5) is 40.3. The summed E-state index contributed by atoms with van der Waals surface area (Å²) in [5, 5.41) is 5.68. The molecule has 1 aliphatic carbocycles. The minimum atomic E-state index is -0.622. The van der Waals surface area contributed by atoms with Gasteiger partial charge in [-0.3, -0.25) is 14.4 Å². The van der Waals surface area contributed by atoms with Crippen LogP contribution in [0.4, 0.5) is 15.8 Å². The quantitative estimate of drug-likeness (QED) is 0.722. The molecule has 0 spiro atoms. The molecule has 0 unspecified atom stereocenters. The van der Waals surface area contributed by atoms with E-state index >= 15 is 0 Å². The van der Waals surface area contributed by atoms with Crippen molar-refractivity contribution in [3.63, 3.8) is 0 Å². The van der Waals surface area contributed by atoms with Crippen molar-refractivity contribution >= 4 is 23.2 Å². The smallest absolute Gasteiger partial charge is 0.263 e. The van der Waals surface area contributed by atoms with Gasteiger partial charge in [-0.2, -0.15) is 0 Å². The lowest BCUT2D eigenvalue weighted by Gasteiger charge is -2.23. The Hall–Kier alpha value is -3.16. The molecule has 2 amide bonds. The maximum atomic E-state index is 13.9. The molecule has 8 heteroatoms. The zero-order valence-corrected chi connectivity index (χ0v) is 18.1. The van der Waals surface area contributed by atoms with E-state index in [0.29, 0.717) is 5.69 Å². The van der Waals surface area contributed by atoms with Crippen molar-refractivity contribution in [2.75, 3.05) is 23.3 Å². The highest BCUT2D eigenvalue weighted by Gasteiger charge is 2.21. The Morgan fingerprint density at radius 3 is 2.53 bits per heavy atom. The van der Waals surface area contributed by atoms with E-state index in [1.807, 2.05) is 0 Å². The lowest BCUT2D eigenvalue weighted by molar-refractivity contribution is -0.122. The van der Waals surface area contributed by atoms with Crippen molar-refractivity contribution in [2.45, 2.75) is 57.5 Å². The van der Waals surface area contributed by atoms with Gasteiger partial charge in [0.05, 0.1) is 11.4 Å². The van der Waals surface area contributed by atoms with E-state index in [9.17, 15) is 18.8 Å². The minimum absolute atomic E-state index is 0.0883. The summed E-state index contributed by atoms with van der Waals surface area (Å²) in [7, 11) is 0. The van der Waals surface area contributed by atoms with Crippen LogP contribution in [0.3, 0.4) is 0 Å². The number of hydrogen-bond acceptors (Lipinski definition) is 4. The molecule has 2 aromatic rings. The van der Waals surface area contributed by atoms with E-state index in [4.69, 9.17) is 0 Å². The first-order valence-electron chi connectivity index (χ1n) is 11.4. The van der Waals surface area contributed by atoms with Gasteiger partial charge in [0, 0.05) is 25.3 Å². The standard InChI is InChI=1S/C24H29FN4O3/c25-17-10-11-21(28-12-4-5-13-28)20(15-17)27-23(31)19-9-6-14-29(24(19)32)16-22(30)26-18-7-2-1-3-8-18/h6,9-11,14-15,18H,1-5,7-8,12-13,16H2,(H,26,30)(H,27,31). The Morgan fingerprint density at radius 2 is 1.78 bits per heavy atom. The number of carbonyl (C=O) groups is 2. The van der Waals surface area contributed by atoms with Gasteiger partial charge in [0.2, 0.25) is 5.91 Å². The van der Waals surface area contributed by atoms with E-state index in [2.05, 4.69) is 15.5 Å². The number of anilines is 2. The van der Waals surface area contributed by atoms with Crippen LogP contribution < -0.4 is 21.1 Å². The van der Waals surface area contributed by atoms with Crippen molar-refractivity contribution in [2.24, 2.45) is 0 Å². The first-order chi connectivity index (χ1) is 15.5. The zero-order valence-electron chi connectivity index (χ0n) is 18.1. The fraction of sp³-hybridized carbons (Fsp3) is 0.458. The predicted molar refractivity (Wildman–Crippen MR) is 122 cm³/mol. The number of pyridine rings is 1. The number of amides is 2. The molecular weight excluding hydrogens is 411 g/mol. The van der Waals surface area contributed by atoms with Crippen LogP contribution in [0.25, 0.3) is 0 Å². The molecule has 2 aliphatic rings. The molecule has 2 N–H and O–H groups in total. The van der Waals surface area contributed by atoms with Gasteiger partial charge in [-0.05, 0) is 56.0 Å². The van der Waals surface area contributed by atoms with Gasteiger partial charge in [-0.25, -0.2) is 4.39 Å². The van der Waals surface area contributed by atoms with Crippen molar-refractivity contribution in [3.8, 4) is 0 Å². The number of carbonyl (C=O) groups excluding carboxylic acids is 2. The third-order valence-corrected chi connectivity index (χ3v) is 6.20. The summed E-state index contributed by atoms with van der Waals surface area (Å²) in [6.07, 6.45) is 8.87. The van der Waals surface area contributed by atoms with Gasteiger partial charge in [0.1, 0.15) is 17.9 Å². The summed E-state index contributed by atoms with van der Waals surface area (Å²) in [6.45, 7) is 1.53. The van der Waals surface area contributed by atoms with Crippen molar-refractivity contribution in [1.82, 2.24) is 9.88 Å². The summed E-state index contributed by atoms with van der Waals surface area (Å²) >= 11 is 0. The molecular formula is C24H29FN4O3. The molecule has 7 nitrogen and oxygen atoms in total. The van der Waals surface area contributed by atoms with Crippen LogP contribution in [0.2, 0.25) is 0 Å². The molecule has 1 aromatic heterocycles. The second-order valence-corrected chi connectivity index (χ2v) is 8.57. The third kappa shape index (κ3) is 5.18. The highest BCUT2D eigenvalue weighted by Crippen LogP contribution is 2.30. The number of nitrogens with zero attached hydrogens (tertiary/aromatic N) is 2. The van der Waals surface area contributed by atoms with Crippen molar-refractivity contribution in [3.05, 3.63) is 58.3 Å². The zero-order chi connectivity index (χ0) is 22.5. The van der Waals surface area contributed by atoms with E-state index < -0.39 is 17.3 Å². The summed E-state index contributed by atoms with van der Waals surface area (Å²) < 4.78 is 15.1. The highest BCUT2D eigenvalue weighted by atomic mass is 19.1. The average molecular weight is 441 g/mol.